The molecule has 1 aromatic carbocycles. The molecule has 4 nitrogen and oxygen atoms in total. The fourth-order valence-corrected chi connectivity index (χ4v) is 2.70. The van der Waals surface area contributed by atoms with E-state index in [1.165, 1.54) is 6.07 Å². The number of anilines is 3. The van der Waals surface area contributed by atoms with Crippen molar-refractivity contribution in [1.29, 1.82) is 0 Å². The zero-order valence-electron chi connectivity index (χ0n) is 13.0. The van der Waals surface area contributed by atoms with Crippen molar-refractivity contribution in [1.82, 2.24) is 9.97 Å². The quantitative estimate of drug-likeness (QED) is 0.766. The smallest absolute Gasteiger partial charge is 0.351 e. The SMILES string of the molecule is Fc1ccc(Nc2cc(C(F)(F)F)nc(NC3CCCC3)n2)cc1F. The van der Waals surface area contributed by atoms with Gasteiger partial charge in [-0.15, -0.1) is 0 Å². The van der Waals surface area contributed by atoms with Crippen molar-refractivity contribution < 1.29 is 22.0 Å². The summed E-state index contributed by atoms with van der Waals surface area (Å²) >= 11 is 0. The number of benzene rings is 1. The number of hydrogen-bond donors (Lipinski definition) is 2. The largest absolute Gasteiger partial charge is 0.433 e. The minimum atomic E-state index is -4.65. The Hall–Kier alpha value is -2.45. The van der Waals surface area contributed by atoms with Crippen LogP contribution in [-0.2, 0) is 6.18 Å². The highest BCUT2D eigenvalue weighted by Crippen LogP contribution is 2.31. The Balaban J connectivity index is 1.89. The van der Waals surface area contributed by atoms with E-state index >= 15 is 0 Å². The summed E-state index contributed by atoms with van der Waals surface area (Å²) in [6.45, 7) is 0. The third-order valence-corrected chi connectivity index (χ3v) is 3.90. The van der Waals surface area contributed by atoms with Gasteiger partial charge >= 0.3 is 6.18 Å². The lowest BCUT2D eigenvalue weighted by Crippen LogP contribution is -2.19. The first-order chi connectivity index (χ1) is 11.8. The van der Waals surface area contributed by atoms with Crippen LogP contribution in [0.4, 0.5) is 39.4 Å². The van der Waals surface area contributed by atoms with Gasteiger partial charge in [0.2, 0.25) is 5.95 Å². The summed E-state index contributed by atoms with van der Waals surface area (Å²) in [6, 6.07) is 3.68. The highest BCUT2D eigenvalue weighted by Gasteiger charge is 2.34. The Bertz CT molecular complexity index is 757. The maximum Gasteiger partial charge on any atom is 0.433 e. The topological polar surface area (TPSA) is 49.8 Å². The third kappa shape index (κ3) is 4.34. The molecule has 0 amide bonds. The maximum atomic E-state index is 13.3. The molecule has 0 bridgehead atoms. The second-order valence-electron chi connectivity index (χ2n) is 5.84. The summed E-state index contributed by atoms with van der Waals surface area (Å²) < 4.78 is 65.4. The Morgan fingerprint density at radius 1 is 0.960 bits per heavy atom. The molecule has 1 fully saturated rings. The molecule has 9 heteroatoms. The molecule has 0 spiro atoms. The van der Waals surface area contributed by atoms with E-state index in [0.29, 0.717) is 0 Å². The van der Waals surface area contributed by atoms with Gasteiger partial charge in [-0.1, -0.05) is 12.8 Å². The van der Waals surface area contributed by atoms with Crippen LogP contribution in [0.3, 0.4) is 0 Å². The number of alkyl halides is 3. The van der Waals surface area contributed by atoms with Crippen molar-refractivity contribution >= 4 is 17.5 Å². The molecule has 0 aliphatic heterocycles. The van der Waals surface area contributed by atoms with Gasteiger partial charge in [0.25, 0.3) is 0 Å². The summed E-state index contributed by atoms with van der Waals surface area (Å²) in [5.41, 5.74) is -1.04. The van der Waals surface area contributed by atoms with Crippen LogP contribution < -0.4 is 10.6 Å². The van der Waals surface area contributed by atoms with E-state index in [2.05, 4.69) is 20.6 Å². The lowest BCUT2D eigenvalue weighted by molar-refractivity contribution is -0.141. The van der Waals surface area contributed by atoms with Crippen molar-refractivity contribution in [3.05, 3.63) is 41.6 Å². The molecule has 134 valence electrons. The molecule has 0 unspecified atom stereocenters. The van der Waals surface area contributed by atoms with Gasteiger partial charge < -0.3 is 10.6 Å². The highest BCUT2D eigenvalue weighted by molar-refractivity contribution is 5.58. The second-order valence-corrected chi connectivity index (χ2v) is 5.84. The molecule has 0 atom stereocenters. The summed E-state index contributed by atoms with van der Waals surface area (Å²) in [5.74, 6) is -2.46. The molecule has 1 saturated carbocycles. The fourth-order valence-electron chi connectivity index (χ4n) is 2.70. The van der Waals surface area contributed by atoms with Crippen LogP contribution in [0.2, 0.25) is 0 Å². The first-order valence-corrected chi connectivity index (χ1v) is 7.76. The monoisotopic (exact) mass is 358 g/mol. The molecule has 2 N–H and O–H groups in total. The maximum absolute atomic E-state index is 13.3. The van der Waals surface area contributed by atoms with Gasteiger partial charge in [0, 0.05) is 23.9 Å². The average Bonchev–Trinajstić information content (AvgIpc) is 3.03. The van der Waals surface area contributed by atoms with Gasteiger partial charge in [0.15, 0.2) is 17.3 Å². The van der Waals surface area contributed by atoms with Crippen molar-refractivity contribution in [3.63, 3.8) is 0 Å². The molecule has 1 aliphatic carbocycles. The average molecular weight is 358 g/mol. The van der Waals surface area contributed by atoms with Gasteiger partial charge in [-0.05, 0) is 25.0 Å². The Kier molecular flexibility index (Phi) is 4.73. The van der Waals surface area contributed by atoms with E-state index in [1.54, 1.807) is 0 Å². The van der Waals surface area contributed by atoms with Gasteiger partial charge in [-0.2, -0.15) is 18.2 Å². The van der Waals surface area contributed by atoms with Crippen LogP contribution in [0.15, 0.2) is 24.3 Å². The second kappa shape index (κ2) is 6.81. The molecule has 3 rings (SSSR count). The number of hydrogen-bond acceptors (Lipinski definition) is 4. The van der Waals surface area contributed by atoms with E-state index in [-0.39, 0.29) is 23.5 Å². The predicted molar refractivity (Wildman–Crippen MR) is 82.6 cm³/mol. The minimum absolute atomic E-state index is 0.0274. The summed E-state index contributed by atoms with van der Waals surface area (Å²) in [7, 11) is 0. The summed E-state index contributed by atoms with van der Waals surface area (Å²) in [4.78, 5) is 7.53. The lowest BCUT2D eigenvalue weighted by atomic mass is 10.2. The molecule has 25 heavy (non-hydrogen) atoms. The van der Waals surface area contributed by atoms with E-state index in [4.69, 9.17) is 0 Å². The molecule has 0 saturated heterocycles. The van der Waals surface area contributed by atoms with Crippen molar-refractivity contribution in [3.8, 4) is 0 Å². The van der Waals surface area contributed by atoms with Gasteiger partial charge in [0.1, 0.15) is 5.82 Å². The van der Waals surface area contributed by atoms with Gasteiger partial charge in [-0.25, -0.2) is 13.8 Å². The van der Waals surface area contributed by atoms with Crippen LogP contribution in [0.25, 0.3) is 0 Å². The molecular weight excluding hydrogens is 343 g/mol. The first kappa shape index (κ1) is 17.4. The van der Waals surface area contributed by atoms with E-state index in [9.17, 15) is 22.0 Å². The Morgan fingerprint density at radius 2 is 1.68 bits per heavy atom. The van der Waals surface area contributed by atoms with E-state index in [0.717, 1.165) is 43.9 Å². The lowest BCUT2D eigenvalue weighted by Gasteiger charge is -2.15. The van der Waals surface area contributed by atoms with Gasteiger partial charge in [-0.3, -0.25) is 0 Å². The molecule has 2 aromatic rings. The van der Waals surface area contributed by atoms with Gasteiger partial charge in [0.05, 0.1) is 0 Å². The zero-order chi connectivity index (χ0) is 18.0. The van der Waals surface area contributed by atoms with Crippen molar-refractivity contribution in [2.45, 2.75) is 37.9 Å². The van der Waals surface area contributed by atoms with Crippen LogP contribution in [-0.4, -0.2) is 16.0 Å². The van der Waals surface area contributed by atoms with Crippen LogP contribution in [0.5, 0.6) is 0 Å². The molecular formula is C16H15F5N4. The number of aromatic nitrogens is 2. The highest BCUT2D eigenvalue weighted by atomic mass is 19.4. The Labute approximate surface area is 140 Å². The van der Waals surface area contributed by atoms with Crippen molar-refractivity contribution in [2.24, 2.45) is 0 Å². The fraction of sp³-hybridized carbons (Fsp3) is 0.375. The molecule has 0 radical (unpaired) electrons. The van der Waals surface area contributed by atoms with E-state index < -0.39 is 23.5 Å². The van der Waals surface area contributed by atoms with E-state index in [1.807, 2.05) is 0 Å². The predicted octanol–water partition coefficient (Wildman–Crippen LogP) is 4.87. The number of halogens is 5. The molecule has 1 aromatic heterocycles. The molecule has 1 heterocycles. The molecule has 1 aliphatic rings. The number of nitrogens with zero attached hydrogens (tertiary/aromatic N) is 2. The summed E-state index contributed by atoms with van der Waals surface area (Å²) in [6.07, 6.45) is -0.982. The first-order valence-electron chi connectivity index (χ1n) is 7.76. The van der Waals surface area contributed by atoms with Crippen LogP contribution in [0, 0.1) is 11.6 Å². The standard InChI is InChI=1S/C16H15F5N4/c17-11-6-5-10(7-12(11)18)22-14-8-13(16(19,20)21)24-15(25-14)23-9-3-1-2-4-9/h5-9H,1-4H2,(H2,22,23,24,25). The summed E-state index contributed by atoms with van der Waals surface area (Å²) in [5, 5.41) is 5.46. The zero-order valence-corrected chi connectivity index (χ0v) is 13.0. The Morgan fingerprint density at radius 3 is 2.32 bits per heavy atom. The van der Waals surface area contributed by atoms with Crippen LogP contribution >= 0.6 is 0 Å². The number of nitrogens with one attached hydrogen (secondary N) is 2. The number of rotatable bonds is 4. The van der Waals surface area contributed by atoms with Crippen molar-refractivity contribution in [2.75, 3.05) is 10.6 Å². The van der Waals surface area contributed by atoms with Crippen LogP contribution in [0.1, 0.15) is 31.4 Å². The normalized spacial score (nSPS) is 15.4. The minimum Gasteiger partial charge on any atom is -0.351 e. The third-order valence-electron chi connectivity index (χ3n) is 3.90.